The number of hydrogen-bond donors (Lipinski definition) is 2. The summed E-state index contributed by atoms with van der Waals surface area (Å²) in [6.07, 6.45) is 0.870. The number of ether oxygens (including phenoxy) is 2. The number of methoxy groups -OCH3 is 1. The zero-order valence-electron chi connectivity index (χ0n) is 15.7. The number of nitrogens with zero attached hydrogens (tertiary/aromatic N) is 2. The van der Waals surface area contributed by atoms with E-state index in [1.807, 2.05) is 31.2 Å². The van der Waals surface area contributed by atoms with E-state index in [9.17, 15) is 4.79 Å². The fourth-order valence-corrected chi connectivity index (χ4v) is 1.96. The Hall–Kier alpha value is -2.28. The minimum atomic E-state index is -0.00908. The molecule has 0 saturated carbocycles. The summed E-state index contributed by atoms with van der Waals surface area (Å²) >= 11 is 0. The van der Waals surface area contributed by atoms with Crippen molar-refractivity contribution in [3.05, 3.63) is 29.8 Å². The molecule has 0 fully saturated rings. The Balaban J connectivity index is 2.61. The van der Waals surface area contributed by atoms with Gasteiger partial charge in [-0.25, -0.2) is 4.99 Å². The Morgan fingerprint density at radius 2 is 2.08 bits per heavy atom. The molecule has 7 heteroatoms. The summed E-state index contributed by atoms with van der Waals surface area (Å²) in [7, 11) is 5.10. The van der Waals surface area contributed by atoms with E-state index in [4.69, 9.17) is 9.47 Å². The van der Waals surface area contributed by atoms with Gasteiger partial charge in [0.1, 0.15) is 5.75 Å². The van der Waals surface area contributed by atoms with Gasteiger partial charge in [0.2, 0.25) is 5.91 Å². The Labute approximate surface area is 150 Å². The summed E-state index contributed by atoms with van der Waals surface area (Å²) in [6, 6.07) is 7.76. The van der Waals surface area contributed by atoms with E-state index in [0.29, 0.717) is 25.7 Å². The first-order valence-corrected chi connectivity index (χ1v) is 8.49. The molecule has 0 radical (unpaired) electrons. The van der Waals surface area contributed by atoms with Crippen LogP contribution < -0.4 is 15.4 Å². The maximum absolute atomic E-state index is 11.8. The first kappa shape index (κ1) is 20.8. The molecule has 0 heterocycles. The monoisotopic (exact) mass is 350 g/mol. The number of carbonyl (C=O) groups excluding carboxylic acids is 1. The number of aliphatic imine (C=N–C) groups is 1. The van der Waals surface area contributed by atoms with Gasteiger partial charge in [-0.3, -0.25) is 4.79 Å². The average molecular weight is 350 g/mol. The van der Waals surface area contributed by atoms with Crippen molar-refractivity contribution in [1.29, 1.82) is 0 Å². The predicted octanol–water partition coefficient (Wildman–Crippen LogP) is 1.25. The number of rotatable bonds is 10. The predicted molar refractivity (Wildman–Crippen MR) is 99.9 cm³/mol. The lowest BCUT2D eigenvalue weighted by molar-refractivity contribution is -0.127. The van der Waals surface area contributed by atoms with Crippen LogP contribution in [-0.4, -0.2) is 64.3 Å². The third-order valence-electron chi connectivity index (χ3n) is 3.42. The lowest BCUT2D eigenvalue weighted by atomic mass is 10.2. The largest absolute Gasteiger partial charge is 0.497 e. The van der Waals surface area contributed by atoms with Crippen molar-refractivity contribution in [1.82, 2.24) is 15.5 Å². The van der Waals surface area contributed by atoms with Gasteiger partial charge in [0.15, 0.2) is 5.96 Å². The zero-order chi connectivity index (χ0) is 18.5. The quantitative estimate of drug-likeness (QED) is 0.377. The van der Waals surface area contributed by atoms with Crippen molar-refractivity contribution in [2.75, 3.05) is 47.5 Å². The van der Waals surface area contributed by atoms with Crippen LogP contribution in [0.3, 0.4) is 0 Å². The molecule has 0 aliphatic heterocycles. The molecule has 2 N–H and O–H groups in total. The highest BCUT2D eigenvalue weighted by molar-refractivity contribution is 5.86. The summed E-state index contributed by atoms with van der Waals surface area (Å²) < 4.78 is 10.6. The van der Waals surface area contributed by atoms with E-state index in [1.165, 1.54) is 0 Å². The molecule has 140 valence electrons. The maximum atomic E-state index is 11.8. The van der Waals surface area contributed by atoms with E-state index in [1.54, 1.807) is 26.1 Å². The van der Waals surface area contributed by atoms with Gasteiger partial charge in [-0.15, -0.1) is 0 Å². The number of carbonyl (C=O) groups is 1. The topological polar surface area (TPSA) is 75.2 Å². The highest BCUT2D eigenvalue weighted by Gasteiger charge is 2.06. The lowest BCUT2D eigenvalue weighted by Gasteiger charge is -2.15. The Morgan fingerprint density at radius 1 is 1.28 bits per heavy atom. The molecule has 0 spiro atoms. The minimum Gasteiger partial charge on any atom is -0.497 e. The Kier molecular flexibility index (Phi) is 10.1. The first-order valence-electron chi connectivity index (χ1n) is 8.49. The molecule has 7 nitrogen and oxygen atoms in total. The molecule has 0 atom stereocenters. The van der Waals surface area contributed by atoms with Crippen molar-refractivity contribution in [2.45, 2.75) is 19.9 Å². The summed E-state index contributed by atoms with van der Waals surface area (Å²) in [5, 5.41) is 6.29. The number of hydrogen-bond acceptors (Lipinski definition) is 4. The molecule has 1 amide bonds. The van der Waals surface area contributed by atoms with Crippen molar-refractivity contribution < 1.29 is 14.3 Å². The van der Waals surface area contributed by atoms with E-state index in [-0.39, 0.29) is 12.5 Å². The second kappa shape index (κ2) is 12.1. The Bertz CT molecular complexity index is 547. The molecule has 0 aromatic heterocycles. The van der Waals surface area contributed by atoms with Crippen LogP contribution in [0.15, 0.2) is 29.3 Å². The normalized spacial score (nSPS) is 11.1. The SMILES string of the molecule is CCOCCCNC(=NCc1cccc(OC)c1)NCC(=O)N(C)C. The highest BCUT2D eigenvalue weighted by atomic mass is 16.5. The third-order valence-corrected chi connectivity index (χ3v) is 3.42. The molecule has 0 unspecified atom stereocenters. The van der Waals surface area contributed by atoms with Crippen LogP contribution in [0.2, 0.25) is 0 Å². The van der Waals surface area contributed by atoms with Crippen molar-refractivity contribution in [3.8, 4) is 5.75 Å². The van der Waals surface area contributed by atoms with Crippen molar-refractivity contribution >= 4 is 11.9 Å². The van der Waals surface area contributed by atoms with Crippen LogP contribution in [0, 0.1) is 0 Å². The van der Waals surface area contributed by atoms with Crippen LogP contribution >= 0.6 is 0 Å². The van der Waals surface area contributed by atoms with Gasteiger partial charge < -0.3 is 25.0 Å². The number of nitrogens with one attached hydrogen (secondary N) is 2. The summed E-state index contributed by atoms with van der Waals surface area (Å²) in [4.78, 5) is 17.9. The van der Waals surface area contributed by atoms with Gasteiger partial charge in [0.05, 0.1) is 20.2 Å². The second-order valence-electron chi connectivity index (χ2n) is 5.64. The van der Waals surface area contributed by atoms with E-state index in [0.717, 1.165) is 24.3 Å². The van der Waals surface area contributed by atoms with Crippen LogP contribution in [0.25, 0.3) is 0 Å². The molecule has 25 heavy (non-hydrogen) atoms. The van der Waals surface area contributed by atoms with Gasteiger partial charge in [0.25, 0.3) is 0 Å². The van der Waals surface area contributed by atoms with E-state index < -0.39 is 0 Å². The molecule has 0 saturated heterocycles. The van der Waals surface area contributed by atoms with Gasteiger partial charge >= 0.3 is 0 Å². The number of benzene rings is 1. The van der Waals surface area contributed by atoms with Gasteiger partial charge in [-0.2, -0.15) is 0 Å². The van der Waals surface area contributed by atoms with E-state index in [2.05, 4.69) is 15.6 Å². The molecule has 0 aliphatic carbocycles. The number of amides is 1. The zero-order valence-corrected chi connectivity index (χ0v) is 15.7. The summed E-state index contributed by atoms with van der Waals surface area (Å²) in [5.41, 5.74) is 1.04. The molecule has 0 bridgehead atoms. The molecular formula is C18H30N4O3. The molecular weight excluding hydrogens is 320 g/mol. The van der Waals surface area contributed by atoms with Crippen molar-refractivity contribution in [3.63, 3.8) is 0 Å². The number of guanidine groups is 1. The van der Waals surface area contributed by atoms with E-state index >= 15 is 0 Å². The summed E-state index contributed by atoms with van der Waals surface area (Å²) in [5.74, 6) is 1.40. The van der Waals surface area contributed by atoms with Gasteiger partial charge in [-0.05, 0) is 31.0 Å². The van der Waals surface area contributed by atoms with Gasteiger partial charge in [0, 0.05) is 33.9 Å². The number of likely N-dealkylation sites (N-methyl/N-ethyl adjacent to an activating group) is 1. The lowest BCUT2D eigenvalue weighted by Crippen LogP contribution is -2.43. The smallest absolute Gasteiger partial charge is 0.241 e. The van der Waals surface area contributed by atoms with Crippen LogP contribution in [-0.2, 0) is 16.1 Å². The standard InChI is InChI=1S/C18H30N4O3/c1-5-25-11-7-10-19-18(21-14-17(23)22(2)3)20-13-15-8-6-9-16(12-15)24-4/h6,8-9,12H,5,7,10-11,13-14H2,1-4H3,(H2,19,20,21). The third kappa shape index (κ3) is 8.95. The second-order valence-corrected chi connectivity index (χ2v) is 5.64. The average Bonchev–Trinajstić information content (AvgIpc) is 2.62. The molecule has 1 aromatic carbocycles. The Morgan fingerprint density at radius 3 is 2.76 bits per heavy atom. The fraction of sp³-hybridized carbons (Fsp3) is 0.556. The minimum absolute atomic E-state index is 0.00908. The molecule has 0 aliphatic rings. The maximum Gasteiger partial charge on any atom is 0.241 e. The highest BCUT2D eigenvalue weighted by Crippen LogP contribution is 2.13. The van der Waals surface area contributed by atoms with Crippen LogP contribution in [0.1, 0.15) is 18.9 Å². The first-order chi connectivity index (χ1) is 12.1. The fourth-order valence-electron chi connectivity index (χ4n) is 1.96. The molecule has 1 rings (SSSR count). The van der Waals surface area contributed by atoms with Gasteiger partial charge in [-0.1, -0.05) is 12.1 Å². The summed E-state index contributed by atoms with van der Waals surface area (Å²) in [6.45, 7) is 4.80. The van der Waals surface area contributed by atoms with Crippen molar-refractivity contribution in [2.24, 2.45) is 4.99 Å². The molecule has 1 aromatic rings. The van der Waals surface area contributed by atoms with Crippen LogP contribution in [0.5, 0.6) is 5.75 Å². The van der Waals surface area contributed by atoms with Crippen LogP contribution in [0.4, 0.5) is 0 Å².